The van der Waals surface area contributed by atoms with Crippen LogP contribution < -0.4 is 26.2 Å². The second-order valence-corrected chi connectivity index (χ2v) is 11.2. The lowest BCUT2D eigenvalue weighted by atomic mass is 10.0. The minimum Gasteiger partial charge on any atom is -0.379 e. The molecule has 43 heavy (non-hydrogen) atoms. The number of thioether (sulfide) groups is 1. The molecule has 0 saturated carbocycles. The van der Waals surface area contributed by atoms with E-state index in [1.807, 2.05) is 11.8 Å². The summed E-state index contributed by atoms with van der Waals surface area (Å²) in [4.78, 5) is 42.5. The number of pyridine rings is 1. The first-order valence-electron chi connectivity index (χ1n) is 14.6. The molecule has 3 unspecified atom stereocenters. The van der Waals surface area contributed by atoms with Crippen molar-refractivity contribution in [2.24, 2.45) is 5.11 Å². The monoisotopic (exact) mass is 623 g/mol. The predicted molar refractivity (Wildman–Crippen MR) is 159 cm³/mol. The van der Waals surface area contributed by atoms with Crippen LogP contribution in [0, 0.1) is 5.53 Å². The van der Waals surface area contributed by atoms with Crippen molar-refractivity contribution in [3.05, 3.63) is 24.0 Å². The summed E-state index contributed by atoms with van der Waals surface area (Å²) in [6.07, 6.45) is 5.04. The van der Waals surface area contributed by atoms with E-state index in [1.165, 1.54) is 6.20 Å². The molecule has 3 rings (SSSR count). The Hall–Kier alpha value is -3.14. The standard InChI is InChI=1S/C27H42N8O7S/c28-35-31-18-20-5-6-21(17-30-20)32-25(37)7-9-39-11-13-41-15-16-42-14-12-40-10-8-29-24(36)4-2-1-3-23-26-22(19-43-23)33-27(38)34-26/h5-6,17,22-23,26,28H,1-4,7-16,18-19H2,(H3-,29,32,33,34,36,37,38)/p+1. The molecule has 2 aliphatic heterocycles. The molecule has 3 heterocycles. The molecule has 15 nitrogen and oxygen atoms in total. The third kappa shape index (κ3) is 14.3. The summed E-state index contributed by atoms with van der Waals surface area (Å²) < 4.78 is 21.8. The van der Waals surface area contributed by atoms with Gasteiger partial charge in [0, 0.05) is 24.0 Å². The maximum Gasteiger partial charge on any atom is 0.315 e. The van der Waals surface area contributed by atoms with E-state index < -0.39 is 0 Å². The molecule has 238 valence electrons. The Labute approximate surface area is 255 Å². The number of carbonyl (C=O) groups is 3. The SMILES string of the molecule is N=[N+]=NCc1ccc(NC(=O)CCOCCOCCOCCOCCNC(=O)CCCCC2SCC3NC(=O)NC32)cn1. The van der Waals surface area contributed by atoms with Gasteiger partial charge in [0.05, 0.1) is 88.9 Å². The fourth-order valence-corrected chi connectivity index (χ4v) is 6.02. The largest absolute Gasteiger partial charge is 0.379 e. The zero-order valence-corrected chi connectivity index (χ0v) is 25.2. The first-order chi connectivity index (χ1) is 21.0. The number of amides is 4. The van der Waals surface area contributed by atoms with Crippen LogP contribution in [0.2, 0.25) is 0 Å². The summed E-state index contributed by atoms with van der Waals surface area (Å²) in [6.45, 7) is 3.92. The summed E-state index contributed by atoms with van der Waals surface area (Å²) >= 11 is 1.89. The van der Waals surface area contributed by atoms with Gasteiger partial charge < -0.3 is 40.2 Å². The first-order valence-corrected chi connectivity index (χ1v) is 15.6. The lowest BCUT2D eigenvalue weighted by Crippen LogP contribution is -2.36. The Morgan fingerprint density at radius 2 is 1.70 bits per heavy atom. The number of fused-ring (bicyclic) bond motifs is 1. The van der Waals surface area contributed by atoms with Gasteiger partial charge in [0.1, 0.15) is 10.6 Å². The molecular formula is C27H43N8O7S+. The number of nitrogens with one attached hydrogen (secondary N) is 5. The number of nitrogens with zero attached hydrogens (tertiary/aromatic N) is 3. The van der Waals surface area contributed by atoms with E-state index in [0.717, 1.165) is 25.0 Å². The van der Waals surface area contributed by atoms with Crippen LogP contribution in [0.1, 0.15) is 37.8 Å². The van der Waals surface area contributed by atoms with Gasteiger partial charge in [0.15, 0.2) is 6.54 Å². The van der Waals surface area contributed by atoms with E-state index in [-0.39, 0.29) is 49.5 Å². The number of rotatable bonds is 23. The highest BCUT2D eigenvalue weighted by Crippen LogP contribution is 2.33. The van der Waals surface area contributed by atoms with Gasteiger partial charge >= 0.3 is 6.03 Å². The van der Waals surface area contributed by atoms with Gasteiger partial charge in [-0.05, 0) is 25.0 Å². The van der Waals surface area contributed by atoms with E-state index in [0.29, 0.717) is 75.8 Å². The minimum absolute atomic E-state index is 0.0303. The van der Waals surface area contributed by atoms with E-state index >= 15 is 0 Å². The Morgan fingerprint density at radius 3 is 2.40 bits per heavy atom. The molecule has 2 saturated heterocycles. The Kier molecular flexibility index (Phi) is 16.5. The summed E-state index contributed by atoms with van der Waals surface area (Å²) in [5.41, 5.74) is 7.88. The van der Waals surface area contributed by atoms with Crippen molar-refractivity contribution in [1.82, 2.24) is 25.8 Å². The van der Waals surface area contributed by atoms with Crippen LogP contribution in [0.15, 0.2) is 23.4 Å². The predicted octanol–water partition coefficient (Wildman–Crippen LogP) is 1.37. The molecule has 2 aliphatic rings. The van der Waals surface area contributed by atoms with Gasteiger partial charge in [0.25, 0.3) is 0 Å². The van der Waals surface area contributed by atoms with Crippen molar-refractivity contribution in [3.8, 4) is 0 Å². The van der Waals surface area contributed by atoms with Crippen molar-refractivity contribution >= 4 is 35.3 Å². The highest BCUT2D eigenvalue weighted by molar-refractivity contribution is 8.00. The van der Waals surface area contributed by atoms with Gasteiger partial charge in [-0.2, -0.15) is 11.8 Å². The van der Waals surface area contributed by atoms with Crippen molar-refractivity contribution in [2.45, 2.75) is 56.0 Å². The summed E-state index contributed by atoms with van der Waals surface area (Å²) in [5.74, 6) is 0.806. The Bertz CT molecular complexity index is 1040. The number of unbranched alkanes of at least 4 members (excludes halogenated alkanes) is 1. The molecule has 0 radical (unpaired) electrons. The molecular weight excluding hydrogens is 580 g/mol. The van der Waals surface area contributed by atoms with Crippen LogP contribution in [0.3, 0.4) is 0 Å². The highest BCUT2D eigenvalue weighted by Gasteiger charge is 2.42. The van der Waals surface area contributed by atoms with E-state index in [2.05, 4.69) is 36.3 Å². The van der Waals surface area contributed by atoms with E-state index in [9.17, 15) is 14.4 Å². The molecule has 16 heteroatoms. The second-order valence-electron chi connectivity index (χ2n) is 9.90. The number of hydrogen-bond acceptors (Lipinski definition) is 11. The first kappa shape index (κ1) is 34.4. The molecule has 0 bridgehead atoms. The topological polar surface area (TPSA) is 199 Å². The zero-order chi connectivity index (χ0) is 30.5. The lowest BCUT2D eigenvalue weighted by Gasteiger charge is -2.16. The van der Waals surface area contributed by atoms with Gasteiger partial charge in [0.2, 0.25) is 16.7 Å². The smallest absolute Gasteiger partial charge is 0.315 e. The Balaban J connectivity index is 1.02. The average Bonchev–Trinajstić information content (AvgIpc) is 3.56. The average molecular weight is 624 g/mol. The van der Waals surface area contributed by atoms with Crippen molar-refractivity contribution in [2.75, 3.05) is 70.5 Å². The summed E-state index contributed by atoms with van der Waals surface area (Å²) in [5, 5.41) is 15.5. The van der Waals surface area contributed by atoms with Crippen LogP contribution in [-0.4, -0.2) is 105 Å². The summed E-state index contributed by atoms with van der Waals surface area (Å²) in [6, 6.07) is 3.82. The Morgan fingerprint density at radius 1 is 0.977 bits per heavy atom. The number of ether oxygens (including phenoxy) is 4. The molecule has 0 spiro atoms. The zero-order valence-electron chi connectivity index (χ0n) is 24.4. The van der Waals surface area contributed by atoms with Crippen LogP contribution in [0.5, 0.6) is 0 Å². The number of urea groups is 1. The highest BCUT2D eigenvalue weighted by atomic mass is 32.2. The minimum atomic E-state index is -0.178. The number of carbonyl (C=O) groups excluding carboxylic acids is 3. The molecule has 4 amide bonds. The molecule has 5 N–H and O–H groups in total. The number of hydrogen-bond donors (Lipinski definition) is 5. The van der Waals surface area contributed by atoms with Crippen molar-refractivity contribution in [3.63, 3.8) is 0 Å². The molecule has 0 aliphatic carbocycles. The van der Waals surface area contributed by atoms with Crippen LogP contribution in [-0.2, 0) is 35.1 Å². The second kappa shape index (κ2) is 20.7. The fraction of sp³-hybridized carbons (Fsp3) is 0.704. The van der Waals surface area contributed by atoms with Crippen molar-refractivity contribution in [1.29, 1.82) is 5.53 Å². The van der Waals surface area contributed by atoms with Crippen LogP contribution >= 0.6 is 11.8 Å². The lowest BCUT2D eigenvalue weighted by molar-refractivity contribution is -0.121. The van der Waals surface area contributed by atoms with Gasteiger partial charge in [-0.15, -0.1) is 0 Å². The normalized spacial score (nSPS) is 18.8. The maximum absolute atomic E-state index is 12.0. The van der Waals surface area contributed by atoms with E-state index in [1.54, 1.807) is 12.1 Å². The molecule has 3 atom stereocenters. The molecule has 2 fully saturated rings. The molecule has 0 aromatic carbocycles. The van der Waals surface area contributed by atoms with Crippen molar-refractivity contribution < 1.29 is 33.3 Å². The number of aromatic nitrogens is 1. The third-order valence-corrected chi connectivity index (χ3v) is 8.16. The van der Waals surface area contributed by atoms with E-state index in [4.69, 9.17) is 24.5 Å². The van der Waals surface area contributed by atoms with Gasteiger partial charge in [-0.3, -0.25) is 14.6 Å². The molecule has 1 aromatic heterocycles. The van der Waals surface area contributed by atoms with Crippen LogP contribution in [0.4, 0.5) is 10.5 Å². The van der Waals surface area contributed by atoms with Crippen LogP contribution in [0.25, 0.3) is 0 Å². The van der Waals surface area contributed by atoms with Gasteiger partial charge in [-0.25, -0.2) is 4.79 Å². The maximum atomic E-state index is 12.0. The fourth-order valence-electron chi connectivity index (χ4n) is 4.48. The summed E-state index contributed by atoms with van der Waals surface area (Å²) in [7, 11) is 0. The molecule has 1 aromatic rings. The number of anilines is 1. The quantitative estimate of drug-likeness (QED) is 0.0517. The third-order valence-electron chi connectivity index (χ3n) is 6.65. The van der Waals surface area contributed by atoms with Gasteiger partial charge in [-0.1, -0.05) is 6.42 Å².